The van der Waals surface area contributed by atoms with Crippen molar-refractivity contribution in [3.05, 3.63) is 34.9 Å². The van der Waals surface area contributed by atoms with E-state index < -0.39 is 35.0 Å². The van der Waals surface area contributed by atoms with E-state index in [0.717, 1.165) is 12.1 Å². The van der Waals surface area contributed by atoms with E-state index in [2.05, 4.69) is 10.3 Å². The number of thioether (sulfide) groups is 1. The fraction of sp³-hybridized carbons (Fsp3) is 0.385. The Kier molecular flexibility index (Phi) is 4.83. The minimum Gasteiger partial charge on any atom is -0.379 e. The van der Waals surface area contributed by atoms with Gasteiger partial charge in [0.1, 0.15) is 5.25 Å². The van der Waals surface area contributed by atoms with Crippen LogP contribution in [0.15, 0.2) is 17.1 Å². The fourth-order valence-corrected chi connectivity index (χ4v) is 3.00. The highest BCUT2D eigenvalue weighted by Gasteiger charge is 2.51. The molecule has 2 unspecified atom stereocenters. The second-order valence-electron chi connectivity index (χ2n) is 4.90. The molecule has 0 saturated heterocycles. The summed E-state index contributed by atoms with van der Waals surface area (Å²) in [7, 11) is 0. The van der Waals surface area contributed by atoms with Crippen LogP contribution in [0.3, 0.4) is 0 Å². The van der Waals surface area contributed by atoms with E-state index in [1.807, 2.05) is 0 Å². The Morgan fingerprint density at radius 3 is 2.57 bits per heavy atom. The van der Waals surface area contributed by atoms with Crippen LogP contribution in [0.25, 0.3) is 0 Å². The predicted octanol–water partition coefficient (Wildman–Crippen LogP) is 2.25. The summed E-state index contributed by atoms with van der Waals surface area (Å²) in [5.41, 5.74) is 5.89. The van der Waals surface area contributed by atoms with Gasteiger partial charge in [0.25, 0.3) is 0 Å². The number of hydrogen-bond donors (Lipinski definition) is 2. The molecule has 1 aliphatic rings. The molecule has 2 rings (SSSR count). The Morgan fingerprint density at radius 1 is 1.35 bits per heavy atom. The van der Waals surface area contributed by atoms with Crippen LogP contribution in [-0.4, -0.2) is 28.5 Å². The summed E-state index contributed by atoms with van der Waals surface area (Å²) in [5.74, 6) is -3.07. The molecule has 1 aliphatic heterocycles. The molecule has 0 fully saturated rings. The summed E-state index contributed by atoms with van der Waals surface area (Å²) in [5, 5.41) is 0.409. The number of amidine groups is 1. The molecule has 0 aliphatic carbocycles. The number of hydrogen-bond acceptors (Lipinski definition) is 4. The summed E-state index contributed by atoms with van der Waals surface area (Å²) in [4.78, 5) is 15.2. The number of amides is 1. The van der Waals surface area contributed by atoms with E-state index in [-0.39, 0.29) is 17.3 Å². The third kappa shape index (κ3) is 3.92. The predicted molar refractivity (Wildman–Crippen MR) is 75.8 cm³/mol. The molecule has 3 N–H and O–H groups in total. The van der Waals surface area contributed by atoms with Gasteiger partial charge in [0, 0.05) is 6.54 Å². The molecule has 23 heavy (non-hydrogen) atoms. The van der Waals surface area contributed by atoms with Crippen molar-refractivity contribution in [1.29, 1.82) is 0 Å². The van der Waals surface area contributed by atoms with E-state index in [9.17, 15) is 26.7 Å². The number of benzene rings is 1. The maximum atomic E-state index is 13.2. The van der Waals surface area contributed by atoms with Crippen molar-refractivity contribution in [3.63, 3.8) is 0 Å². The van der Waals surface area contributed by atoms with E-state index in [1.54, 1.807) is 0 Å². The van der Waals surface area contributed by atoms with Crippen molar-refractivity contribution >= 4 is 22.8 Å². The van der Waals surface area contributed by atoms with Crippen molar-refractivity contribution in [1.82, 2.24) is 5.32 Å². The number of nitrogens with zero attached hydrogens (tertiary/aromatic N) is 1. The van der Waals surface area contributed by atoms with Crippen LogP contribution in [-0.2, 0) is 11.3 Å². The van der Waals surface area contributed by atoms with Gasteiger partial charge in [-0.3, -0.25) is 4.79 Å². The summed E-state index contributed by atoms with van der Waals surface area (Å²) < 4.78 is 64.7. The van der Waals surface area contributed by atoms with Crippen molar-refractivity contribution < 1.29 is 26.7 Å². The van der Waals surface area contributed by atoms with E-state index in [1.165, 1.54) is 6.92 Å². The Bertz CT molecular complexity index is 662. The molecule has 0 radical (unpaired) electrons. The van der Waals surface area contributed by atoms with Gasteiger partial charge in [0.15, 0.2) is 22.8 Å². The first kappa shape index (κ1) is 17.5. The van der Waals surface area contributed by atoms with Crippen LogP contribution in [0.2, 0.25) is 0 Å². The monoisotopic (exact) mass is 353 g/mol. The highest BCUT2D eigenvalue weighted by Crippen LogP contribution is 2.36. The van der Waals surface area contributed by atoms with Gasteiger partial charge in [-0.2, -0.15) is 13.2 Å². The normalized spacial score (nSPS) is 21.2. The maximum Gasteiger partial charge on any atom is 0.412 e. The minimum atomic E-state index is -4.70. The number of rotatable bonds is 3. The quantitative estimate of drug-likeness (QED) is 0.819. The number of carbonyl (C=O) groups is 1. The second kappa shape index (κ2) is 6.34. The van der Waals surface area contributed by atoms with Gasteiger partial charge in [-0.05, 0) is 30.2 Å². The SMILES string of the molecule is Cc1cc(F)c(F)cc1CNC(=O)C1SC(N)=NC1C(F)(F)F. The summed E-state index contributed by atoms with van der Waals surface area (Å²) >= 11 is 0.515. The molecule has 2 atom stereocenters. The first-order valence-electron chi connectivity index (χ1n) is 6.38. The molecule has 0 bridgehead atoms. The Morgan fingerprint density at radius 2 is 1.96 bits per heavy atom. The van der Waals surface area contributed by atoms with Crippen molar-refractivity contribution in [2.45, 2.75) is 30.9 Å². The number of nitrogens with one attached hydrogen (secondary N) is 1. The zero-order chi connectivity index (χ0) is 17.4. The molecule has 1 aromatic carbocycles. The van der Waals surface area contributed by atoms with E-state index in [0.29, 0.717) is 17.3 Å². The molecule has 10 heteroatoms. The lowest BCUT2D eigenvalue weighted by atomic mass is 10.1. The van der Waals surface area contributed by atoms with Gasteiger partial charge in [-0.1, -0.05) is 11.8 Å². The fourth-order valence-electron chi connectivity index (χ4n) is 2.03. The summed E-state index contributed by atoms with van der Waals surface area (Å²) in [6.45, 7) is 1.26. The number of alkyl halides is 3. The van der Waals surface area contributed by atoms with Gasteiger partial charge < -0.3 is 11.1 Å². The topological polar surface area (TPSA) is 67.5 Å². The first-order valence-corrected chi connectivity index (χ1v) is 7.26. The Balaban J connectivity index is 2.07. The van der Waals surface area contributed by atoms with Gasteiger partial charge in [-0.25, -0.2) is 13.8 Å². The molecular formula is C13H12F5N3OS. The first-order chi connectivity index (χ1) is 10.6. The van der Waals surface area contributed by atoms with Crippen LogP contribution in [0.5, 0.6) is 0 Å². The van der Waals surface area contributed by atoms with Gasteiger partial charge in [0.05, 0.1) is 0 Å². The Hall–Kier alpha value is -1.84. The maximum absolute atomic E-state index is 13.2. The van der Waals surface area contributed by atoms with Crippen molar-refractivity contribution in [3.8, 4) is 0 Å². The van der Waals surface area contributed by atoms with Crippen LogP contribution in [0, 0.1) is 18.6 Å². The molecule has 1 heterocycles. The summed E-state index contributed by atoms with van der Waals surface area (Å²) in [6.07, 6.45) is -4.70. The van der Waals surface area contributed by atoms with Crippen LogP contribution in [0.1, 0.15) is 11.1 Å². The molecule has 0 spiro atoms. The third-order valence-electron chi connectivity index (χ3n) is 3.23. The average molecular weight is 353 g/mol. The standard InChI is InChI=1S/C13H12F5N3OS/c1-5-2-7(14)8(15)3-6(5)4-20-11(22)9-10(13(16,17)18)21-12(19)23-9/h2-3,9-10H,4H2,1H3,(H2,19,21)(H,20,22). The highest BCUT2D eigenvalue weighted by atomic mass is 32.2. The highest BCUT2D eigenvalue weighted by molar-refractivity contribution is 8.15. The number of carbonyl (C=O) groups excluding carboxylic acids is 1. The molecule has 126 valence electrons. The van der Waals surface area contributed by atoms with Gasteiger partial charge in [-0.15, -0.1) is 0 Å². The van der Waals surface area contributed by atoms with Crippen molar-refractivity contribution in [2.75, 3.05) is 0 Å². The largest absolute Gasteiger partial charge is 0.412 e. The molecule has 4 nitrogen and oxygen atoms in total. The zero-order valence-electron chi connectivity index (χ0n) is 11.7. The third-order valence-corrected chi connectivity index (χ3v) is 4.30. The lowest BCUT2D eigenvalue weighted by Gasteiger charge is -2.19. The minimum absolute atomic E-state index is 0.233. The van der Waals surface area contributed by atoms with Gasteiger partial charge >= 0.3 is 6.18 Å². The van der Waals surface area contributed by atoms with Crippen LogP contribution < -0.4 is 11.1 Å². The van der Waals surface area contributed by atoms with Gasteiger partial charge in [0.2, 0.25) is 5.91 Å². The molecule has 0 saturated carbocycles. The van der Waals surface area contributed by atoms with E-state index >= 15 is 0 Å². The second-order valence-corrected chi connectivity index (χ2v) is 6.06. The molecular weight excluding hydrogens is 341 g/mol. The summed E-state index contributed by atoms with van der Waals surface area (Å²) in [6, 6.07) is -0.391. The van der Waals surface area contributed by atoms with Crippen molar-refractivity contribution in [2.24, 2.45) is 10.7 Å². The molecule has 0 aromatic heterocycles. The lowest BCUT2D eigenvalue weighted by molar-refractivity contribution is -0.151. The smallest absolute Gasteiger partial charge is 0.379 e. The zero-order valence-corrected chi connectivity index (χ0v) is 12.6. The van der Waals surface area contributed by atoms with E-state index in [4.69, 9.17) is 5.73 Å². The van der Waals surface area contributed by atoms with Crippen LogP contribution in [0.4, 0.5) is 22.0 Å². The molecule has 1 amide bonds. The number of aliphatic imine (C=N–C) groups is 1. The van der Waals surface area contributed by atoms with Crippen LogP contribution >= 0.6 is 11.8 Å². The molecule has 1 aromatic rings. The average Bonchev–Trinajstić information content (AvgIpc) is 2.83. The lowest BCUT2D eigenvalue weighted by Crippen LogP contribution is -2.44. The Labute approximate surface area is 132 Å². The number of halogens is 5. The number of nitrogens with two attached hydrogens (primary N) is 1. The number of aryl methyl sites for hydroxylation is 1.